The number of rotatable bonds is 2. The van der Waals surface area contributed by atoms with Crippen molar-refractivity contribution < 1.29 is 4.74 Å². The van der Waals surface area contributed by atoms with E-state index in [0.29, 0.717) is 6.04 Å². The lowest BCUT2D eigenvalue weighted by Crippen LogP contribution is -2.34. The summed E-state index contributed by atoms with van der Waals surface area (Å²) in [4.78, 5) is 0. The number of nitrogens with one attached hydrogen (secondary N) is 1. The quantitative estimate of drug-likeness (QED) is 0.896. The molecule has 0 radical (unpaired) electrons. The van der Waals surface area contributed by atoms with Gasteiger partial charge in [0.05, 0.1) is 6.04 Å². The fourth-order valence-corrected chi connectivity index (χ4v) is 3.81. The average molecular weight is 279 g/mol. The molecule has 2 aliphatic rings. The predicted octanol–water partition coefficient (Wildman–Crippen LogP) is 4.03. The van der Waals surface area contributed by atoms with Gasteiger partial charge in [0.1, 0.15) is 12.4 Å². The van der Waals surface area contributed by atoms with Gasteiger partial charge in [-0.1, -0.05) is 56.3 Å². The molecular weight excluding hydrogens is 258 g/mol. The third kappa shape index (κ3) is 2.06. The largest absolute Gasteiger partial charge is 0.491 e. The van der Waals surface area contributed by atoms with Gasteiger partial charge in [-0.05, 0) is 29.0 Å². The Morgan fingerprint density at radius 2 is 1.71 bits per heavy atom. The molecule has 21 heavy (non-hydrogen) atoms. The van der Waals surface area contributed by atoms with Crippen LogP contribution in [0.5, 0.6) is 5.75 Å². The van der Waals surface area contributed by atoms with Crippen molar-refractivity contribution in [2.75, 3.05) is 6.61 Å². The summed E-state index contributed by atoms with van der Waals surface area (Å²) in [7, 11) is 0. The molecule has 0 saturated carbocycles. The van der Waals surface area contributed by atoms with Crippen molar-refractivity contribution in [3.63, 3.8) is 0 Å². The zero-order chi connectivity index (χ0) is 14.4. The van der Waals surface area contributed by atoms with Crippen LogP contribution in [0.25, 0.3) is 0 Å². The molecule has 0 bridgehead atoms. The van der Waals surface area contributed by atoms with Gasteiger partial charge in [0, 0.05) is 11.6 Å². The first-order valence-corrected chi connectivity index (χ1v) is 7.71. The lowest BCUT2D eigenvalue weighted by molar-refractivity contribution is 0.225. The predicted molar refractivity (Wildman–Crippen MR) is 84.5 cm³/mol. The minimum absolute atomic E-state index is 0.237. The lowest BCUT2D eigenvalue weighted by Gasteiger charge is -2.31. The van der Waals surface area contributed by atoms with Crippen molar-refractivity contribution in [3.05, 3.63) is 65.2 Å². The first-order valence-electron chi connectivity index (χ1n) is 7.71. The summed E-state index contributed by atoms with van der Waals surface area (Å²) in [5.41, 5.74) is 4.46. The van der Waals surface area contributed by atoms with Crippen LogP contribution in [-0.4, -0.2) is 6.61 Å². The Balaban J connectivity index is 1.66. The highest BCUT2D eigenvalue weighted by molar-refractivity contribution is 5.41. The minimum atomic E-state index is 0.237. The fourth-order valence-electron chi connectivity index (χ4n) is 3.81. The lowest BCUT2D eigenvalue weighted by atomic mass is 9.84. The van der Waals surface area contributed by atoms with Crippen LogP contribution in [0.4, 0.5) is 0 Å². The normalized spacial score (nSPS) is 25.2. The van der Waals surface area contributed by atoms with Crippen molar-refractivity contribution in [1.29, 1.82) is 0 Å². The Bertz CT molecular complexity index is 677. The Labute approximate surface area is 126 Å². The molecule has 0 saturated heterocycles. The van der Waals surface area contributed by atoms with Gasteiger partial charge in [0.25, 0.3) is 0 Å². The Hall–Kier alpha value is -1.80. The molecule has 2 aromatic rings. The highest BCUT2D eigenvalue weighted by Crippen LogP contribution is 2.47. The molecule has 2 atom stereocenters. The van der Waals surface area contributed by atoms with E-state index in [1.54, 1.807) is 0 Å². The monoisotopic (exact) mass is 279 g/mol. The maximum absolute atomic E-state index is 5.81. The van der Waals surface area contributed by atoms with Crippen LogP contribution in [0, 0.1) is 5.41 Å². The summed E-state index contributed by atoms with van der Waals surface area (Å²) in [6, 6.07) is 17.9. The number of fused-ring (bicyclic) bond motifs is 2. The van der Waals surface area contributed by atoms with Crippen molar-refractivity contribution in [3.8, 4) is 5.75 Å². The minimum Gasteiger partial charge on any atom is -0.491 e. The second-order valence-corrected chi connectivity index (χ2v) is 6.87. The molecule has 2 unspecified atom stereocenters. The first-order chi connectivity index (χ1) is 10.1. The van der Waals surface area contributed by atoms with Gasteiger partial charge in [0.2, 0.25) is 0 Å². The van der Waals surface area contributed by atoms with E-state index in [2.05, 4.69) is 61.6 Å². The number of ether oxygens (including phenoxy) is 1. The summed E-state index contributed by atoms with van der Waals surface area (Å²) in [6.45, 7) is 5.44. The maximum atomic E-state index is 5.81. The van der Waals surface area contributed by atoms with Gasteiger partial charge in [-0.2, -0.15) is 0 Å². The van der Waals surface area contributed by atoms with Crippen molar-refractivity contribution >= 4 is 0 Å². The zero-order valence-corrected chi connectivity index (χ0v) is 12.6. The van der Waals surface area contributed by atoms with E-state index in [1.165, 1.54) is 16.7 Å². The van der Waals surface area contributed by atoms with E-state index in [4.69, 9.17) is 4.74 Å². The zero-order valence-electron chi connectivity index (χ0n) is 12.6. The van der Waals surface area contributed by atoms with Crippen molar-refractivity contribution in [2.45, 2.75) is 32.4 Å². The number of benzene rings is 2. The Kier molecular flexibility index (Phi) is 2.83. The van der Waals surface area contributed by atoms with Gasteiger partial charge < -0.3 is 4.74 Å². The molecule has 1 heterocycles. The number of para-hydroxylation sites is 1. The van der Waals surface area contributed by atoms with E-state index in [9.17, 15) is 0 Å². The van der Waals surface area contributed by atoms with Crippen LogP contribution in [0.1, 0.15) is 42.6 Å². The molecule has 2 heteroatoms. The van der Waals surface area contributed by atoms with E-state index < -0.39 is 0 Å². The third-order valence-corrected chi connectivity index (χ3v) is 4.86. The first kappa shape index (κ1) is 12.9. The summed E-state index contributed by atoms with van der Waals surface area (Å²) in [5.74, 6) is 1.03. The molecule has 0 fully saturated rings. The van der Waals surface area contributed by atoms with Crippen LogP contribution < -0.4 is 10.1 Å². The second-order valence-electron chi connectivity index (χ2n) is 6.87. The summed E-state index contributed by atoms with van der Waals surface area (Å²) < 4.78 is 5.81. The molecule has 0 aromatic heterocycles. The van der Waals surface area contributed by atoms with Gasteiger partial charge in [0.15, 0.2) is 0 Å². The summed E-state index contributed by atoms with van der Waals surface area (Å²) in [5, 5.41) is 3.86. The molecule has 1 N–H and O–H groups in total. The molecule has 1 aliphatic carbocycles. The van der Waals surface area contributed by atoms with E-state index in [-0.39, 0.29) is 11.5 Å². The van der Waals surface area contributed by atoms with Crippen molar-refractivity contribution in [1.82, 2.24) is 5.32 Å². The Morgan fingerprint density at radius 1 is 1.00 bits per heavy atom. The molecular formula is C19H21NO. The maximum Gasteiger partial charge on any atom is 0.124 e. The van der Waals surface area contributed by atoms with Crippen molar-refractivity contribution in [2.24, 2.45) is 5.41 Å². The smallest absolute Gasteiger partial charge is 0.124 e. The summed E-state index contributed by atoms with van der Waals surface area (Å²) in [6.07, 6.45) is 1.13. The van der Waals surface area contributed by atoms with Crippen LogP contribution in [0.3, 0.4) is 0 Å². The van der Waals surface area contributed by atoms with E-state index in [0.717, 1.165) is 18.8 Å². The van der Waals surface area contributed by atoms with Gasteiger partial charge in [-0.3, -0.25) is 5.32 Å². The average Bonchev–Trinajstić information content (AvgIpc) is 2.99. The highest BCUT2D eigenvalue weighted by Gasteiger charge is 2.40. The topological polar surface area (TPSA) is 21.3 Å². The standard InChI is InChI=1S/C19H21NO/c1-19(2)11-13-7-3-4-8-14(13)18(19)20-16-12-21-17-10-6-5-9-15(16)17/h3-10,16,18,20H,11-12H2,1-2H3. The molecule has 4 rings (SSSR count). The molecule has 2 nitrogen and oxygen atoms in total. The third-order valence-electron chi connectivity index (χ3n) is 4.86. The van der Waals surface area contributed by atoms with Gasteiger partial charge in [-0.25, -0.2) is 0 Å². The van der Waals surface area contributed by atoms with Crippen LogP contribution in [0.2, 0.25) is 0 Å². The fraction of sp³-hybridized carbons (Fsp3) is 0.368. The van der Waals surface area contributed by atoms with E-state index in [1.807, 2.05) is 6.07 Å². The molecule has 0 spiro atoms. The highest BCUT2D eigenvalue weighted by atomic mass is 16.5. The molecule has 108 valence electrons. The SMILES string of the molecule is CC1(C)Cc2ccccc2C1NC1COc2ccccc21. The molecule has 0 amide bonds. The van der Waals surface area contributed by atoms with E-state index >= 15 is 0 Å². The number of hydrogen-bond donors (Lipinski definition) is 1. The summed E-state index contributed by atoms with van der Waals surface area (Å²) >= 11 is 0. The Morgan fingerprint density at radius 3 is 2.57 bits per heavy atom. The van der Waals surface area contributed by atoms with Crippen LogP contribution in [-0.2, 0) is 6.42 Å². The van der Waals surface area contributed by atoms with Gasteiger partial charge >= 0.3 is 0 Å². The van der Waals surface area contributed by atoms with Crippen LogP contribution in [0.15, 0.2) is 48.5 Å². The van der Waals surface area contributed by atoms with Gasteiger partial charge in [-0.15, -0.1) is 0 Å². The number of hydrogen-bond acceptors (Lipinski definition) is 2. The molecule has 1 aliphatic heterocycles. The molecule has 2 aromatic carbocycles. The van der Waals surface area contributed by atoms with Crippen LogP contribution >= 0.6 is 0 Å². The second kappa shape index (κ2) is 4.60.